The molecule has 9 nitrogen and oxygen atoms in total. The Hall–Kier alpha value is -2.94. The summed E-state index contributed by atoms with van der Waals surface area (Å²) >= 11 is 1.09. The van der Waals surface area contributed by atoms with Gasteiger partial charge in [-0.1, -0.05) is 6.07 Å². The molecular weight excluding hydrogens is 539 g/mol. The fraction of sp³-hybridized carbons (Fsp3) is 0.391. The van der Waals surface area contributed by atoms with Crippen LogP contribution in [0.4, 0.5) is 18.0 Å². The van der Waals surface area contributed by atoms with Gasteiger partial charge in [-0.25, -0.2) is 4.79 Å². The van der Waals surface area contributed by atoms with Gasteiger partial charge in [0.2, 0.25) is 0 Å². The molecule has 1 aromatic heterocycles. The molecule has 2 heterocycles. The first-order valence-corrected chi connectivity index (χ1v) is 13.1. The molecule has 1 fully saturated rings. The molecule has 0 spiro atoms. The molecule has 0 bridgehead atoms. The van der Waals surface area contributed by atoms with E-state index >= 15 is 0 Å². The number of rotatable bonds is 6. The molecular formula is C23H22F3NO8S2. The number of aryl methyl sites for hydroxylation is 1. The van der Waals surface area contributed by atoms with Crippen molar-refractivity contribution >= 4 is 47.7 Å². The van der Waals surface area contributed by atoms with Gasteiger partial charge in [-0.05, 0) is 62.6 Å². The van der Waals surface area contributed by atoms with Crippen LogP contribution in [0, 0.1) is 0 Å². The number of benzene rings is 2. The second kappa shape index (κ2) is 9.42. The van der Waals surface area contributed by atoms with Gasteiger partial charge < -0.3 is 24.1 Å². The van der Waals surface area contributed by atoms with Crippen LogP contribution in [0.5, 0.6) is 5.75 Å². The maximum Gasteiger partial charge on any atom is 0.534 e. The Morgan fingerprint density at radius 2 is 1.78 bits per heavy atom. The monoisotopic (exact) mass is 561 g/mol. The van der Waals surface area contributed by atoms with Crippen molar-refractivity contribution in [1.82, 2.24) is 5.32 Å². The van der Waals surface area contributed by atoms with Gasteiger partial charge in [0.05, 0.1) is 18.8 Å². The maximum atomic E-state index is 13.1. The lowest BCUT2D eigenvalue weighted by atomic mass is 9.91. The van der Waals surface area contributed by atoms with Crippen LogP contribution >= 0.6 is 11.3 Å². The van der Waals surface area contributed by atoms with Gasteiger partial charge in [-0.3, -0.25) is 4.79 Å². The van der Waals surface area contributed by atoms with Crippen molar-refractivity contribution in [3.8, 4) is 5.75 Å². The van der Waals surface area contributed by atoms with E-state index in [-0.39, 0.29) is 28.7 Å². The summed E-state index contributed by atoms with van der Waals surface area (Å²) in [6.07, 6.45) is -0.486. The van der Waals surface area contributed by atoms with Crippen molar-refractivity contribution in [3.05, 3.63) is 52.2 Å². The zero-order valence-electron chi connectivity index (χ0n) is 19.5. The lowest BCUT2D eigenvalue weighted by Crippen LogP contribution is -2.61. The zero-order chi connectivity index (χ0) is 27.2. The third kappa shape index (κ3) is 5.81. The molecule has 1 amide bonds. The molecule has 2 N–H and O–H groups in total. The number of hydrogen-bond donors (Lipinski definition) is 2. The van der Waals surface area contributed by atoms with Crippen LogP contribution in [0.3, 0.4) is 0 Å². The van der Waals surface area contributed by atoms with Gasteiger partial charge in [-0.15, -0.1) is 11.3 Å². The highest BCUT2D eigenvalue weighted by molar-refractivity contribution is 7.88. The lowest BCUT2D eigenvalue weighted by molar-refractivity contribution is -0.271. The molecule has 4 rings (SSSR count). The summed E-state index contributed by atoms with van der Waals surface area (Å²) in [6, 6.07) is 8.37. The minimum atomic E-state index is -5.85. The Labute approximate surface area is 212 Å². The van der Waals surface area contributed by atoms with E-state index in [0.29, 0.717) is 22.9 Å². The van der Waals surface area contributed by atoms with Crippen molar-refractivity contribution in [3.63, 3.8) is 0 Å². The molecule has 37 heavy (non-hydrogen) atoms. The van der Waals surface area contributed by atoms with Crippen LogP contribution in [0.2, 0.25) is 0 Å². The van der Waals surface area contributed by atoms with E-state index in [0.717, 1.165) is 29.0 Å². The summed E-state index contributed by atoms with van der Waals surface area (Å²) in [7, 11) is -5.85. The number of ether oxygens (including phenoxy) is 2. The average Bonchev–Trinajstić information content (AvgIpc) is 2.78. The predicted octanol–water partition coefficient (Wildman–Crippen LogP) is 4.37. The molecule has 0 aliphatic carbocycles. The number of hydrogen-bond acceptors (Lipinski definition) is 8. The summed E-state index contributed by atoms with van der Waals surface area (Å²) in [4.78, 5) is 24.5. The van der Waals surface area contributed by atoms with Crippen molar-refractivity contribution in [2.24, 2.45) is 0 Å². The van der Waals surface area contributed by atoms with E-state index in [1.807, 2.05) is 0 Å². The minimum absolute atomic E-state index is 0.105. The Morgan fingerprint density at radius 1 is 1.11 bits per heavy atom. The normalized spacial score (nSPS) is 17.5. The minimum Gasteiger partial charge on any atom is -0.465 e. The molecule has 0 saturated carbocycles. The molecule has 0 radical (unpaired) electrons. The third-order valence-corrected chi connectivity index (χ3v) is 7.96. The average molecular weight is 562 g/mol. The van der Waals surface area contributed by atoms with Crippen molar-refractivity contribution in [2.45, 2.75) is 43.5 Å². The summed E-state index contributed by atoms with van der Waals surface area (Å²) in [6.45, 7) is 3.67. The lowest BCUT2D eigenvalue weighted by Gasteiger charge is -2.43. The molecule has 14 heteroatoms. The number of fused-ring (bicyclic) bond motifs is 2. The Morgan fingerprint density at radius 3 is 2.41 bits per heavy atom. The van der Waals surface area contributed by atoms with Gasteiger partial charge in [0, 0.05) is 20.2 Å². The van der Waals surface area contributed by atoms with Crippen LogP contribution in [-0.2, 0) is 26.0 Å². The molecule has 0 atom stereocenters. The Kier molecular flexibility index (Phi) is 6.90. The van der Waals surface area contributed by atoms with Crippen LogP contribution in [0.25, 0.3) is 20.2 Å². The van der Waals surface area contributed by atoms with E-state index in [1.165, 1.54) is 6.07 Å². The van der Waals surface area contributed by atoms with E-state index in [4.69, 9.17) is 9.47 Å². The summed E-state index contributed by atoms with van der Waals surface area (Å²) in [5.74, 6) is -1.40. The maximum absolute atomic E-state index is 13.1. The number of amides is 1. The second-order valence-corrected chi connectivity index (χ2v) is 11.7. The number of alkyl halides is 3. The molecule has 2 aromatic carbocycles. The SMILES string of the molecule is CC1(C)OCC(CCc2ccc3sc4cc(OS(=O)(=O)C(F)(F)F)ccc4c(=O)c3c2)(NC(=O)O)CO1. The Balaban J connectivity index is 1.61. The van der Waals surface area contributed by atoms with E-state index in [1.54, 1.807) is 32.0 Å². The highest BCUT2D eigenvalue weighted by Crippen LogP contribution is 2.32. The third-order valence-electron chi connectivity index (χ3n) is 5.85. The fourth-order valence-electron chi connectivity index (χ4n) is 3.86. The number of halogens is 3. The highest BCUT2D eigenvalue weighted by Gasteiger charge is 2.48. The van der Waals surface area contributed by atoms with Crippen molar-refractivity contribution < 1.29 is 45.1 Å². The van der Waals surface area contributed by atoms with Gasteiger partial charge >= 0.3 is 21.7 Å². The second-order valence-electron chi connectivity index (χ2n) is 9.09. The smallest absolute Gasteiger partial charge is 0.465 e. The molecule has 200 valence electrons. The number of carbonyl (C=O) groups is 1. The molecule has 1 aliphatic heterocycles. The number of nitrogens with one attached hydrogen (secondary N) is 1. The molecule has 1 saturated heterocycles. The van der Waals surface area contributed by atoms with Gasteiger partial charge in [0.1, 0.15) is 5.75 Å². The van der Waals surface area contributed by atoms with Crippen LogP contribution in [0.15, 0.2) is 41.2 Å². The van der Waals surface area contributed by atoms with Crippen LogP contribution < -0.4 is 14.9 Å². The first-order chi connectivity index (χ1) is 17.1. The predicted molar refractivity (Wildman–Crippen MR) is 129 cm³/mol. The van der Waals surface area contributed by atoms with Gasteiger partial charge in [0.25, 0.3) is 0 Å². The molecule has 1 aliphatic rings. The zero-order valence-corrected chi connectivity index (χ0v) is 21.2. The number of carboxylic acid groups (broad SMARTS) is 1. The van der Waals surface area contributed by atoms with Crippen LogP contribution in [-0.4, -0.2) is 49.7 Å². The highest BCUT2D eigenvalue weighted by atomic mass is 32.2. The molecule has 3 aromatic rings. The summed E-state index contributed by atoms with van der Waals surface area (Å²) in [5, 5.41) is 12.3. The van der Waals surface area contributed by atoms with Gasteiger partial charge in [0.15, 0.2) is 11.2 Å². The van der Waals surface area contributed by atoms with Gasteiger partial charge in [-0.2, -0.15) is 21.6 Å². The van der Waals surface area contributed by atoms with E-state index in [9.17, 15) is 36.3 Å². The first-order valence-electron chi connectivity index (χ1n) is 10.9. The topological polar surface area (TPSA) is 128 Å². The Bertz CT molecular complexity index is 1520. The van der Waals surface area contributed by atoms with Crippen molar-refractivity contribution in [2.75, 3.05) is 13.2 Å². The summed E-state index contributed by atoms with van der Waals surface area (Å²) < 4.78 is 76.8. The first kappa shape index (κ1) is 27.1. The largest absolute Gasteiger partial charge is 0.534 e. The summed E-state index contributed by atoms with van der Waals surface area (Å²) in [5.41, 5.74) is -6.20. The quantitative estimate of drug-likeness (QED) is 0.258. The van der Waals surface area contributed by atoms with E-state index < -0.39 is 38.8 Å². The van der Waals surface area contributed by atoms with E-state index in [2.05, 4.69) is 9.50 Å². The molecule has 0 unspecified atom stereocenters. The standard InChI is InChI=1S/C23H22F3NO8S2/c1-21(2)33-11-22(12-34-21,27-20(29)30)8-7-13-3-6-17-16(9-13)19(28)15-5-4-14(10-18(15)36-17)35-37(31,32)23(24,25)26/h3-6,9-10,27H,7-8,11-12H2,1-2H3,(H,29,30). The fourth-order valence-corrected chi connectivity index (χ4v) is 5.39. The van der Waals surface area contributed by atoms with Crippen molar-refractivity contribution in [1.29, 1.82) is 0 Å². The van der Waals surface area contributed by atoms with Crippen LogP contribution in [0.1, 0.15) is 25.8 Å².